The summed E-state index contributed by atoms with van der Waals surface area (Å²) in [6.07, 6.45) is 7.55. The van der Waals surface area contributed by atoms with Gasteiger partial charge in [-0.05, 0) is 44.5 Å². The molecular formula is C16H23NO2. The van der Waals surface area contributed by atoms with Gasteiger partial charge >= 0.3 is 0 Å². The van der Waals surface area contributed by atoms with Gasteiger partial charge in [0, 0.05) is 6.07 Å². The summed E-state index contributed by atoms with van der Waals surface area (Å²) in [6, 6.07) is 5.68. The molecule has 3 rings (SSSR count). The molecule has 3 nitrogen and oxygen atoms in total. The van der Waals surface area contributed by atoms with Crippen molar-refractivity contribution in [2.24, 2.45) is 5.92 Å². The van der Waals surface area contributed by atoms with E-state index in [9.17, 15) is 0 Å². The van der Waals surface area contributed by atoms with E-state index in [0.717, 1.165) is 22.8 Å². The second-order valence-corrected chi connectivity index (χ2v) is 5.00. The highest BCUT2D eigenvalue weighted by molar-refractivity contribution is 5.69. The van der Waals surface area contributed by atoms with Crippen LogP contribution in [-0.2, 0) is 0 Å². The van der Waals surface area contributed by atoms with Gasteiger partial charge in [0.05, 0.1) is 0 Å². The smallest absolute Gasteiger partial charge is 0.169 e. The second-order valence-electron chi connectivity index (χ2n) is 5.00. The van der Waals surface area contributed by atoms with E-state index in [1.165, 1.54) is 32.2 Å². The number of rotatable bonds is 7. The van der Waals surface area contributed by atoms with E-state index in [-0.39, 0.29) is 0 Å². The Morgan fingerprint density at radius 3 is 2.84 bits per heavy atom. The molecule has 0 saturated heterocycles. The summed E-state index contributed by atoms with van der Waals surface area (Å²) in [5.74, 6) is 1.92. The van der Waals surface area contributed by atoms with Gasteiger partial charge < -0.3 is 14.5 Å². The first-order valence-corrected chi connectivity index (χ1v) is 7.03. The molecule has 0 unspecified atom stereocenters. The third kappa shape index (κ3) is 4.60. The quantitative estimate of drug-likeness (QED) is 0.607. The van der Waals surface area contributed by atoms with E-state index in [0.29, 0.717) is 6.61 Å². The lowest BCUT2D eigenvalue weighted by Crippen LogP contribution is -2.07. The first-order valence-electron chi connectivity index (χ1n) is 7.03. The minimum Gasteiger partial charge on any atom is -0.485 e. The maximum absolute atomic E-state index is 5.29. The maximum atomic E-state index is 5.29. The van der Waals surface area contributed by atoms with Crippen molar-refractivity contribution < 1.29 is 9.15 Å². The van der Waals surface area contributed by atoms with Crippen molar-refractivity contribution in [3.8, 4) is 5.75 Å². The van der Waals surface area contributed by atoms with Gasteiger partial charge in [-0.3, -0.25) is 0 Å². The lowest BCUT2D eigenvalue weighted by molar-refractivity contribution is 0.365. The molecule has 0 aliphatic heterocycles. The van der Waals surface area contributed by atoms with Crippen molar-refractivity contribution in [1.29, 1.82) is 0 Å². The Morgan fingerprint density at radius 1 is 1.47 bits per heavy atom. The summed E-state index contributed by atoms with van der Waals surface area (Å²) in [5, 5.41) is 3.15. The Balaban J connectivity index is 0.000000148. The van der Waals surface area contributed by atoms with Crippen LogP contribution in [0.25, 0.3) is 11.2 Å². The van der Waals surface area contributed by atoms with E-state index >= 15 is 0 Å². The topological polar surface area (TPSA) is 34.4 Å². The summed E-state index contributed by atoms with van der Waals surface area (Å²) in [6.45, 7) is 5.29. The second kappa shape index (κ2) is 7.19. The van der Waals surface area contributed by atoms with Gasteiger partial charge in [0.2, 0.25) is 0 Å². The minimum absolute atomic E-state index is 0.528. The van der Waals surface area contributed by atoms with Gasteiger partial charge in [0.25, 0.3) is 0 Å². The maximum Gasteiger partial charge on any atom is 0.169 e. The molecule has 1 aliphatic rings. The monoisotopic (exact) mass is 261 g/mol. The Morgan fingerprint density at radius 2 is 2.32 bits per heavy atom. The molecule has 2 aromatic heterocycles. The average Bonchev–Trinajstić information content (AvgIpc) is 3.01. The highest BCUT2D eigenvalue weighted by Gasteiger charge is 2.19. The zero-order valence-corrected chi connectivity index (χ0v) is 11.7. The zero-order chi connectivity index (χ0) is 13.5. The van der Waals surface area contributed by atoms with Crippen molar-refractivity contribution in [3.05, 3.63) is 30.9 Å². The van der Waals surface area contributed by atoms with E-state index < -0.39 is 0 Å². The zero-order valence-electron chi connectivity index (χ0n) is 11.7. The van der Waals surface area contributed by atoms with Crippen molar-refractivity contribution in [2.75, 3.05) is 20.2 Å². The molecule has 1 N–H and O–H groups in total. The molecule has 104 valence electrons. The Hall–Kier alpha value is -1.48. The van der Waals surface area contributed by atoms with Gasteiger partial charge in [-0.15, -0.1) is 0 Å². The number of hydrogen-bond acceptors (Lipinski definition) is 3. The van der Waals surface area contributed by atoms with Crippen LogP contribution in [0.1, 0.15) is 25.7 Å². The summed E-state index contributed by atoms with van der Waals surface area (Å²) in [4.78, 5) is 0. The van der Waals surface area contributed by atoms with Crippen LogP contribution in [0.15, 0.2) is 35.3 Å². The van der Waals surface area contributed by atoms with Gasteiger partial charge in [-0.2, -0.15) is 0 Å². The minimum atomic E-state index is 0.528. The summed E-state index contributed by atoms with van der Waals surface area (Å²) >= 11 is 0. The number of fused-ring (bicyclic) bond motifs is 2. The molecule has 19 heavy (non-hydrogen) atoms. The summed E-state index contributed by atoms with van der Waals surface area (Å²) in [5.41, 5.74) is 1.67. The first-order chi connectivity index (χ1) is 9.33. The van der Waals surface area contributed by atoms with Crippen LogP contribution < -0.4 is 10.1 Å². The normalized spacial score (nSPS) is 14.2. The van der Waals surface area contributed by atoms with Gasteiger partial charge in [0.1, 0.15) is 12.2 Å². The van der Waals surface area contributed by atoms with E-state index in [4.69, 9.17) is 9.15 Å². The Kier molecular flexibility index (Phi) is 5.28. The number of nitrogens with one attached hydrogen (secondary N) is 1. The van der Waals surface area contributed by atoms with Crippen LogP contribution in [0.4, 0.5) is 0 Å². The van der Waals surface area contributed by atoms with Crippen molar-refractivity contribution in [1.82, 2.24) is 5.32 Å². The van der Waals surface area contributed by atoms with Crippen molar-refractivity contribution in [2.45, 2.75) is 25.7 Å². The number of ether oxygens (including phenoxy) is 1. The largest absolute Gasteiger partial charge is 0.485 e. The Bertz CT molecular complexity index is 473. The molecule has 0 radical (unpaired) electrons. The van der Waals surface area contributed by atoms with Crippen LogP contribution in [-0.4, -0.2) is 20.2 Å². The first kappa shape index (κ1) is 13.9. The Labute approximate surface area is 115 Å². The SMILES string of the molecule is C=CCOc1cc2ccc1o2.CNCCCC1CC1. The van der Waals surface area contributed by atoms with E-state index in [1.54, 1.807) is 6.08 Å². The summed E-state index contributed by atoms with van der Waals surface area (Å²) in [7, 11) is 2.02. The molecule has 0 spiro atoms. The average molecular weight is 261 g/mol. The van der Waals surface area contributed by atoms with Crippen LogP contribution in [0.2, 0.25) is 0 Å². The lowest BCUT2D eigenvalue weighted by atomic mass is 10.2. The molecule has 0 amide bonds. The van der Waals surface area contributed by atoms with Crippen molar-refractivity contribution in [3.63, 3.8) is 0 Å². The fourth-order valence-corrected chi connectivity index (χ4v) is 2.00. The third-order valence-corrected chi connectivity index (χ3v) is 3.24. The molecule has 1 fully saturated rings. The fraction of sp³-hybridized carbons (Fsp3) is 0.500. The van der Waals surface area contributed by atoms with E-state index in [2.05, 4.69) is 11.9 Å². The third-order valence-electron chi connectivity index (χ3n) is 3.24. The molecule has 0 aromatic carbocycles. The number of benzene rings is 1. The number of hydrogen-bond donors (Lipinski definition) is 1. The van der Waals surface area contributed by atoms with Crippen LogP contribution in [0, 0.1) is 5.92 Å². The lowest BCUT2D eigenvalue weighted by Gasteiger charge is -1.97. The highest BCUT2D eigenvalue weighted by Crippen LogP contribution is 2.33. The van der Waals surface area contributed by atoms with Gasteiger partial charge in [-0.1, -0.05) is 25.5 Å². The van der Waals surface area contributed by atoms with Crippen LogP contribution >= 0.6 is 0 Å². The van der Waals surface area contributed by atoms with Gasteiger partial charge in [0.15, 0.2) is 11.3 Å². The van der Waals surface area contributed by atoms with Crippen LogP contribution in [0.3, 0.4) is 0 Å². The van der Waals surface area contributed by atoms with Crippen molar-refractivity contribution >= 4 is 11.2 Å². The highest BCUT2D eigenvalue weighted by atomic mass is 16.5. The molecule has 2 aromatic rings. The molecule has 2 heterocycles. The van der Waals surface area contributed by atoms with E-state index in [1.807, 2.05) is 25.2 Å². The molecule has 0 atom stereocenters. The summed E-state index contributed by atoms with van der Waals surface area (Å²) < 4.78 is 10.5. The molecular weight excluding hydrogens is 238 g/mol. The predicted octanol–water partition coefficient (Wildman–Crippen LogP) is 3.83. The standard InChI is InChI=1S/C9H8O2.C7H15N/c1-2-5-10-9-6-7-3-4-8(9)11-7;1-8-6-2-3-7-4-5-7/h2-4,6H,1,5H2;7-8H,2-6H2,1H3. The predicted molar refractivity (Wildman–Crippen MR) is 79.0 cm³/mol. The fourth-order valence-electron chi connectivity index (χ4n) is 2.00. The molecule has 2 bridgehead atoms. The number of furan rings is 2. The molecule has 3 heteroatoms. The van der Waals surface area contributed by atoms with Gasteiger partial charge in [-0.25, -0.2) is 0 Å². The molecule has 1 aliphatic carbocycles. The van der Waals surface area contributed by atoms with Crippen LogP contribution in [0.5, 0.6) is 5.75 Å². The molecule has 1 saturated carbocycles.